The number of anilines is 1. The largest absolute Gasteiger partial charge is 0.371 e. The second-order valence-corrected chi connectivity index (χ2v) is 5.24. The zero-order chi connectivity index (χ0) is 12.3. The molecule has 1 heterocycles. The van der Waals surface area contributed by atoms with Gasteiger partial charge in [0.2, 0.25) is 0 Å². The summed E-state index contributed by atoms with van der Waals surface area (Å²) >= 11 is 0. The fourth-order valence-corrected chi connectivity index (χ4v) is 2.18. The molecule has 1 fully saturated rings. The van der Waals surface area contributed by atoms with Gasteiger partial charge in [-0.1, -0.05) is 13.8 Å². The summed E-state index contributed by atoms with van der Waals surface area (Å²) in [6.07, 6.45) is 7.91. The predicted molar refractivity (Wildman–Crippen MR) is 72.3 cm³/mol. The number of pyridine rings is 1. The van der Waals surface area contributed by atoms with Crippen LogP contribution < -0.4 is 10.2 Å². The van der Waals surface area contributed by atoms with E-state index in [0.29, 0.717) is 6.04 Å². The first kappa shape index (κ1) is 12.4. The van der Waals surface area contributed by atoms with Gasteiger partial charge in [-0.3, -0.25) is 4.98 Å². The van der Waals surface area contributed by atoms with Crippen molar-refractivity contribution in [3.8, 4) is 0 Å². The molecule has 1 aromatic rings. The lowest BCUT2D eigenvalue weighted by molar-refractivity contribution is 0.400. The lowest BCUT2D eigenvalue weighted by Crippen LogP contribution is -2.38. The van der Waals surface area contributed by atoms with Gasteiger partial charge in [-0.15, -0.1) is 0 Å². The molecular formula is C14H23N3. The quantitative estimate of drug-likeness (QED) is 0.847. The Bertz CT molecular complexity index is 358. The van der Waals surface area contributed by atoms with E-state index in [-0.39, 0.29) is 0 Å². The summed E-state index contributed by atoms with van der Waals surface area (Å²) in [4.78, 5) is 6.66. The minimum atomic E-state index is 0.511. The van der Waals surface area contributed by atoms with E-state index in [1.54, 1.807) is 0 Å². The number of rotatable bonds is 5. The molecule has 1 aromatic heterocycles. The summed E-state index contributed by atoms with van der Waals surface area (Å²) in [7, 11) is 2.21. The molecule has 0 atom stereocenters. The lowest BCUT2D eigenvalue weighted by atomic mass is 9.91. The number of aromatic nitrogens is 1. The molecule has 0 radical (unpaired) electrons. The molecule has 3 nitrogen and oxygen atoms in total. The average Bonchev–Trinajstić information content (AvgIpc) is 2.24. The van der Waals surface area contributed by atoms with Gasteiger partial charge in [0.15, 0.2) is 0 Å². The summed E-state index contributed by atoms with van der Waals surface area (Å²) < 4.78 is 0. The maximum atomic E-state index is 4.24. The Morgan fingerprint density at radius 3 is 2.82 bits per heavy atom. The minimum absolute atomic E-state index is 0.511. The number of hydrogen-bond acceptors (Lipinski definition) is 3. The highest BCUT2D eigenvalue weighted by Crippen LogP contribution is 2.29. The molecule has 0 aliphatic heterocycles. The normalized spacial score (nSPS) is 16.0. The summed E-state index contributed by atoms with van der Waals surface area (Å²) in [5, 5.41) is 3.47. The van der Waals surface area contributed by atoms with Gasteiger partial charge in [-0.05, 0) is 25.3 Å². The van der Waals surface area contributed by atoms with Crippen molar-refractivity contribution in [3.05, 3.63) is 24.0 Å². The van der Waals surface area contributed by atoms with Crippen LogP contribution in [0.15, 0.2) is 18.5 Å². The zero-order valence-corrected chi connectivity index (χ0v) is 11.1. The monoisotopic (exact) mass is 233 g/mol. The molecule has 1 saturated carbocycles. The van der Waals surface area contributed by atoms with Crippen molar-refractivity contribution < 1.29 is 0 Å². The van der Waals surface area contributed by atoms with Crippen molar-refractivity contribution in [2.24, 2.45) is 0 Å². The van der Waals surface area contributed by atoms with Gasteiger partial charge in [-0.25, -0.2) is 0 Å². The Hall–Kier alpha value is -1.09. The first-order valence-electron chi connectivity index (χ1n) is 6.57. The van der Waals surface area contributed by atoms with Gasteiger partial charge < -0.3 is 10.2 Å². The summed E-state index contributed by atoms with van der Waals surface area (Å²) in [5.74, 6) is 0. The van der Waals surface area contributed by atoms with Crippen LogP contribution in [-0.2, 0) is 6.54 Å². The lowest BCUT2D eigenvalue weighted by Gasteiger charge is -2.37. The molecule has 1 N–H and O–H groups in total. The van der Waals surface area contributed by atoms with E-state index in [2.05, 4.69) is 42.2 Å². The van der Waals surface area contributed by atoms with Crippen molar-refractivity contribution >= 4 is 5.69 Å². The first-order valence-corrected chi connectivity index (χ1v) is 6.57. The third-order valence-electron chi connectivity index (χ3n) is 3.58. The molecule has 0 aromatic carbocycles. The molecule has 94 valence electrons. The van der Waals surface area contributed by atoms with E-state index in [1.807, 2.05) is 12.4 Å². The molecule has 0 unspecified atom stereocenters. The van der Waals surface area contributed by atoms with E-state index >= 15 is 0 Å². The Morgan fingerprint density at radius 1 is 1.47 bits per heavy atom. The van der Waals surface area contributed by atoms with Crippen LogP contribution in [0.1, 0.15) is 38.7 Å². The molecule has 1 aliphatic carbocycles. The molecular weight excluding hydrogens is 210 g/mol. The van der Waals surface area contributed by atoms with Crippen molar-refractivity contribution in [3.63, 3.8) is 0 Å². The standard InChI is InChI=1S/C14H23N3/c1-11(2)16-10-12-9-15-8-7-14(12)17(3)13-5-4-6-13/h7-9,11,13,16H,4-6,10H2,1-3H3. The SMILES string of the molecule is CC(C)NCc1cnccc1N(C)C1CCC1. The van der Waals surface area contributed by atoms with Crippen LogP contribution in [0.25, 0.3) is 0 Å². The fraction of sp³-hybridized carbons (Fsp3) is 0.643. The average molecular weight is 233 g/mol. The van der Waals surface area contributed by atoms with Gasteiger partial charge in [0, 0.05) is 49.3 Å². The predicted octanol–water partition coefficient (Wildman–Crippen LogP) is 2.57. The second kappa shape index (κ2) is 5.50. The maximum absolute atomic E-state index is 4.24. The van der Waals surface area contributed by atoms with Gasteiger partial charge in [0.1, 0.15) is 0 Å². The highest BCUT2D eigenvalue weighted by Gasteiger charge is 2.23. The van der Waals surface area contributed by atoms with E-state index < -0.39 is 0 Å². The smallest absolute Gasteiger partial charge is 0.0442 e. The Morgan fingerprint density at radius 2 is 2.24 bits per heavy atom. The zero-order valence-electron chi connectivity index (χ0n) is 11.1. The van der Waals surface area contributed by atoms with Crippen LogP contribution in [-0.4, -0.2) is 24.1 Å². The topological polar surface area (TPSA) is 28.2 Å². The molecule has 3 heteroatoms. The fourth-order valence-electron chi connectivity index (χ4n) is 2.18. The Kier molecular flexibility index (Phi) is 4.00. The van der Waals surface area contributed by atoms with E-state index in [4.69, 9.17) is 0 Å². The highest BCUT2D eigenvalue weighted by atomic mass is 15.1. The summed E-state index contributed by atoms with van der Waals surface area (Å²) in [6, 6.07) is 3.38. The van der Waals surface area contributed by atoms with Crippen LogP contribution in [0.4, 0.5) is 5.69 Å². The van der Waals surface area contributed by atoms with Crippen LogP contribution in [0.3, 0.4) is 0 Å². The van der Waals surface area contributed by atoms with Crippen molar-refractivity contribution in [2.75, 3.05) is 11.9 Å². The minimum Gasteiger partial charge on any atom is -0.371 e. The molecule has 0 spiro atoms. The second-order valence-electron chi connectivity index (χ2n) is 5.24. The third-order valence-corrected chi connectivity index (χ3v) is 3.58. The maximum Gasteiger partial charge on any atom is 0.0442 e. The molecule has 0 saturated heterocycles. The van der Waals surface area contributed by atoms with Crippen molar-refractivity contribution in [2.45, 2.75) is 51.7 Å². The van der Waals surface area contributed by atoms with Crippen LogP contribution >= 0.6 is 0 Å². The van der Waals surface area contributed by atoms with E-state index in [1.165, 1.54) is 30.5 Å². The van der Waals surface area contributed by atoms with E-state index in [9.17, 15) is 0 Å². The number of hydrogen-bond donors (Lipinski definition) is 1. The van der Waals surface area contributed by atoms with Gasteiger partial charge in [-0.2, -0.15) is 0 Å². The molecule has 0 bridgehead atoms. The van der Waals surface area contributed by atoms with Gasteiger partial charge in [0.25, 0.3) is 0 Å². The van der Waals surface area contributed by atoms with Crippen LogP contribution in [0.5, 0.6) is 0 Å². The Balaban J connectivity index is 2.08. The van der Waals surface area contributed by atoms with Gasteiger partial charge in [0.05, 0.1) is 0 Å². The van der Waals surface area contributed by atoms with Crippen molar-refractivity contribution in [1.82, 2.24) is 10.3 Å². The Labute approximate surface area is 104 Å². The first-order chi connectivity index (χ1) is 8.18. The van der Waals surface area contributed by atoms with E-state index in [0.717, 1.165) is 12.6 Å². The van der Waals surface area contributed by atoms with Crippen LogP contribution in [0.2, 0.25) is 0 Å². The molecule has 17 heavy (non-hydrogen) atoms. The third kappa shape index (κ3) is 2.97. The summed E-state index contributed by atoms with van der Waals surface area (Å²) in [6.45, 7) is 5.25. The van der Waals surface area contributed by atoms with Crippen molar-refractivity contribution in [1.29, 1.82) is 0 Å². The number of nitrogens with zero attached hydrogens (tertiary/aromatic N) is 2. The molecule has 0 amide bonds. The molecule has 2 rings (SSSR count). The van der Waals surface area contributed by atoms with Gasteiger partial charge >= 0.3 is 0 Å². The number of nitrogens with one attached hydrogen (secondary N) is 1. The van der Waals surface area contributed by atoms with Crippen LogP contribution in [0, 0.1) is 0 Å². The summed E-state index contributed by atoms with van der Waals surface area (Å²) in [5.41, 5.74) is 2.63. The highest BCUT2D eigenvalue weighted by molar-refractivity contribution is 5.52. The molecule has 1 aliphatic rings.